The molecule has 0 aliphatic heterocycles. The number of hydrogen-bond acceptors (Lipinski definition) is 3. The number of halogens is 1. The SMILES string of the molecule is Cc1nc(Cn2cc(CO)c3ccc(Cl)cc32)sc1C. The Bertz CT molecular complexity index is 756. The van der Waals surface area contributed by atoms with Gasteiger partial charge in [0.15, 0.2) is 0 Å². The molecule has 104 valence electrons. The second-order valence-corrected chi connectivity index (χ2v) is 6.58. The van der Waals surface area contributed by atoms with Crippen LogP contribution in [-0.4, -0.2) is 14.7 Å². The van der Waals surface area contributed by atoms with Gasteiger partial charge in [0.05, 0.1) is 24.4 Å². The van der Waals surface area contributed by atoms with Crippen molar-refractivity contribution < 1.29 is 5.11 Å². The maximum Gasteiger partial charge on any atom is 0.113 e. The standard InChI is InChI=1S/C15H15ClN2OS/c1-9-10(2)20-15(17-9)7-18-6-11(8-19)13-4-3-12(16)5-14(13)18/h3-6,19H,7-8H2,1-2H3. The molecule has 1 N–H and O–H groups in total. The summed E-state index contributed by atoms with van der Waals surface area (Å²) in [6, 6.07) is 5.74. The van der Waals surface area contributed by atoms with Gasteiger partial charge in [-0.3, -0.25) is 0 Å². The Balaban J connectivity index is 2.08. The zero-order chi connectivity index (χ0) is 14.3. The Kier molecular flexibility index (Phi) is 3.54. The molecule has 3 rings (SSSR count). The average molecular weight is 307 g/mol. The topological polar surface area (TPSA) is 38.0 Å². The summed E-state index contributed by atoms with van der Waals surface area (Å²) < 4.78 is 2.10. The van der Waals surface area contributed by atoms with Gasteiger partial charge in [-0.1, -0.05) is 17.7 Å². The fourth-order valence-electron chi connectivity index (χ4n) is 2.35. The van der Waals surface area contributed by atoms with Crippen molar-refractivity contribution >= 4 is 33.8 Å². The normalized spacial score (nSPS) is 11.4. The summed E-state index contributed by atoms with van der Waals surface area (Å²) >= 11 is 7.80. The number of aryl methyl sites for hydroxylation is 2. The van der Waals surface area contributed by atoms with Gasteiger partial charge in [-0.15, -0.1) is 11.3 Å². The number of hydrogen-bond donors (Lipinski definition) is 1. The summed E-state index contributed by atoms with van der Waals surface area (Å²) in [5.74, 6) is 0. The molecule has 0 aliphatic rings. The Morgan fingerprint density at radius 3 is 2.80 bits per heavy atom. The molecule has 0 fully saturated rings. The molecule has 1 aromatic carbocycles. The number of aliphatic hydroxyl groups excluding tert-OH is 1. The van der Waals surface area contributed by atoms with Crippen LogP contribution in [0.25, 0.3) is 10.9 Å². The number of aliphatic hydroxyl groups is 1. The fraction of sp³-hybridized carbons (Fsp3) is 0.267. The Hall–Kier alpha value is -1.36. The van der Waals surface area contributed by atoms with Crippen LogP contribution in [0, 0.1) is 13.8 Å². The van der Waals surface area contributed by atoms with E-state index in [1.807, 2.05) is 31.3 Å². The number of nitrogens with zero attached hydrogens (tertiary/aromatic N) is 2. The Morgan fingerprint density at radius 1 is 1.35 bits per heavy atom. The predicted molar refractivity (Wildman–Crippen MR) is 83.6 cm³/mol. The van der Waals surface area contributed by atoms with Crippen LogP contribution in [0.3, 0.4) is 0 Å². The second kappa shape index (κ2) is 5.20. The number of thiazole rings is 1. The van der Waals surface area contributed by atoms with Gasteiger partial charge in [0.2, 0.25) is 0 Å². The monoisotopic (exact) mass is 306 g/mol. The third kappa shape index (κ3) is 2.35. The first-order chi connectivity index (χ1) is 9.58. The quantitative estimate of drug-likeness (QED) is 0.796. The van der Waals surface area contributed by atoms with E-state index in [-0.39, 0.29) is 6.61 Å². The second-order valence-electron chi connectivity index (χ2n) is 4.85. The van der Waals surface area contributed by atoms with Crippen LogP contribution >= 0.6 is 22.9 Å². The van der Waals surface area contributed by atoms with E-state index in [1.54, 1.807) is 11.3 Å². The lowest BCUT2D eigenvalue weighted by Gasteiger charge is -2.02. The molecule has 3 aromatic rings. The molecule has 0 atom stereocenters. The van der Waals surface area contributed by atoms with Gasteiger partial charge >= 0.3 is 0 Å². The highest BCUT2D eigenvalue weighted by molar-refractivity contribution is 7.11. The highest BCUT2D eigenvalue weighted by atomic mass is 35.5. The lowest BCUT2D eigenvalue weighted by atomic mass is 10.2. The third-order valence-electron chi connectivity index (χ3n) is 3.48. The Labute approximate surface area is 126 Å². The smallest absolute Gasteiger partial charge is 0.113 e. The summed E-state index contributed by atoms with van der Waals surface area (Å²) in [6.07, 6.45) is 1.98. The summed E-state index contributed by atoms with van der Waals surface area (Å²) in [5.41, 5.74) is 3.04. The van der Waals surface area contributed by atoms with Crippen LogP contribution < -0.4 is 0 Å². The minimum atomic E-state index is 0.0288. The summed E-state index contributed by atoms with van der Waals surface area (Å²) in [5, 5.41) is 12.3. The van der Waals surface area contributed by atoms with Crippen molar-refractivity contribution in [2.75, 3.05) is 0 Å². The minimum Gasteiger partial charge on any atom is -0.392 e. The molecule has 0 saturated carbocycles. The van der Waals surface area contributed by atoms with E-state index >= 15 is 0 Å². The number of benzene rings is 1. The van der Waals surface area contributed by atoms with Gasteiger partial charge in [0, 0.05) is 27.0 Å². The zero-order valence-electron chi connectivity index (χ0n) is 11.4. The lowest BCUT2D eigenvalue weighted by Crippen LogP contribution is -1.97. The number of rotatable bonds is 3. The molecule has 0 spiro atoms. The van der Waals surface area contributed by atoms with Crippen LogP contribution in [0.2, 0.25) is 5.02 Å². The van der Waals surface area contributed by atoms with Crippen LogP contribution in [-0.2, 0) is 13.2 Å². The molecule has 20 heavy (non-hydrogen) atoms. The van der Waals surface area contributed by atoms with E-state index in [2.05, 4.69) is 16.5 Å². The molecular formula is C15H15ClN2OS. The molecule has 5 heteroatoms. The van der Waals surface area contributed by atoms with E-state index in [0.29, 0.717) is 11.6 Å². The Morgan fingerprint density at radius 2 is 2.15 bits per heavy atom. The van der Waals surface area contributed by atoms with Gasteiger partial charge in [0.25, 0.3) is 0 Å². The van der Waals surface area contributed by atoms with Crippen LogP contribution in [0.1, 0.15) is 21.1 Å². The largest absolute Gasteiger partial charge is 0.392 e. The zero-order valence-corrected chi connectivity index (χ0v) is 12.9. The molecule has 2 heterocycles. The number of fused-ring (bicyclic) bond motifs is 1. The maximum absolute atomic E-state index is 9.47. The lowest BCUT2D eigenvalue weighted by molar-refractivity contribution is 0.283. The first kappa shape index (κ1) is 13.6. The fourth-order valence-corrected chi connectivity index (χ4v) is 3.45. The molecule has 0 unspecified atom stereocenters. The first-order valence-corrected chi connectivity index (χ1v) is 7.59. The minimum absolute atomic E-state index is 0.0288. The van der Waals surface area contributed by atoms with E-state index < -0.39 is 0 Å². The third-order valence-corrected chi connectivity index (χ3v) is 4.77. The van der Waals surface area contributed by atoms with E-state index in [9.17, 15) is 5.11 Å². The van der Waals surface area contributed by atoms with Crippen molar-refractivity contribution in [2.24, 2.45) is 0 Å². The van der Waals surface area contributed by atoms with E-state index in [1.165, 1.54) is 4.88 Å². The summed E-state index contributed by atoms with van der Waals surface area (Å²) in [4.78, 5) is 5.82. The van der Waals surface area contributed by atoms with Crippen LogP contribution in [0.15, 0.2) is 24.4 Å². The van der Waals surface area contributed by atoms with E-state index in [4.69, 9.17) is 11.6 Å². The van der Waals surface area contributed by atoms with Crippen LogP contribution in [0.4, 0.5) is 0 Å². The van der Waals surface area contributed by atoms with Gasteiger partial charge in [-0.05, 0) is 26.0 Å². The molecule has 3 nitrogen and oxygen atoms in total. The van der Waals surface area contributed by atoms with Crippen molar-refractivity contribution in [1.82, 2.24) is 9.55 Å². The molecule has 0 radical (unpaired) electrons. The van der Waals surface area contributed by atoms with Crippen molar-refractivity contribution in [2.45, 2.75) is 27.0 Å². The van der Waals surface area contributed by atoms with Gasteiger partial charge in [-0.2, -0.15) is 0 Å². The molecule has 0 saturated heterocycles. The molecule has 0 aliphatic carbocycles. The van der Waals surface area contributed by atoms with Crippen LogP contribution in [0.5, 0.6) is 0 Å². The van der Waals surface area contributed by atoms with Crippen molar-refractivity contribution in [3.63, 3.8) is 0 Å². The van der Waals surface area contributed by atoms with Gasteiger partial charge < -0.3 is 9.67 Å². The summed E-state index contributed by atoms with van der Waals surface area (Å²) in [7, 11) is 0. The number of aromatic nitrogens is 2. The van der Waals surface area contributed by atoms with Crippen molar-refractivity contribution in [1.29, 1.82) is 0 Å². The van der Waals surface area contributed by atoms with Gasteiger partial charge in [-0.25, -0.2) is 4.98 Å². The average Bonchev–Trinajstić information content (AvgIpc) is 2.91. The van der Waals surface area contributed by atoms with Crippen molar-refractivity contribution in [3.05, 3.63) is 50.6 Å². The van der Waals surface area contributed by atoms with Gasteiger partial charge in [0.1, 0.15) is 5.01 Å². The molecule has 0 amide bonds. The highest BCUT2D eigenvalue weighted by Gasteiger charge is 2.11. The maximum atomic E-state index is 9.47. The van der Waals surface area contributed by atoms with Crippen molar-refractivity contribution in [3.8, 4) is 0 Å². The first-order valence-electron chi connectivity index (χ1n) is 6.39. The molecule has 2 aromatic heterocycles. The molecular weight excluding hydrogens is 292 g/mol. The summed E-state index contributed by atoms with van der Waals surface area (Å²) in [6.45, 7) is 4.84. The molecule has 0 bridgehead atoms. The highest BCUT2D eigenvalue weighted by Crippen LogP contribution is 2.27. The predicted octanol–water partition coefficient (Wildman–Crippen LogP) is 3.91. The van der Waals surface area contributed by atoms with E-state index in [0.717, 1.165) is 27.2 Å².